The molecule has 1 atom stereocenters. The molecule has 0 radical (unpaired) electrons. The molecule has 0 saturated heterocycles. The molecular formula is C17H23BrN4O2. The minimum Gasteiger partial charge on any atom is -0.344 e. The minimum atomic E-state index is -0.553. The second-order valence-corrected chi connectivity index (χ2v) is 6.77. The largest absolute Gasteiger partial charge is 0.344 e. The number of carbonyl (C=O) groups excluding carboxylic acids is 1. The summed E-state index contributed by atoms with van der Waals surface area (Å²) in [6, 6.07) is 7.24. The molecule has 7 heteroatoms. The third-order valence-electron chi connectivity index (χ3n) is 4.49. The van der Waals surface area contributed by atoms with Crippen molar-refractivity contribution in [3.63, 3.8) is 0 Å². The van der Waals surface area contributed by atoms with E-state index in [1.54, 1.807) is 0 Å². The molecular weight excluding hydrogens is 372 g/mol. The van der Waals surface area contributed by atoms with Crippen molar-refractivity contribution < 1.29 is 9.32 Å². The van der Waals surface area contributed by atoms with Gasteiger partial charge in [-0.15, -0.1) is 0 Å². The Bertz CT molecular complexity index is 672. The van der Waals surface area contributed by atoms with Gasteiger partial charge in [-0.25, -0.2) is 0 Å². The van der Waals surface area contributed by atoms with E-state index in [2.05, 4.69) is 31.4 Å². The summed E-state index contributed by atoms with van der Waals surface area (Å²) < 4.78 is 6.29. The molecule has 130 valence electrons. The number of benzene rings is 1. The second kappa shape index (κ2) is 7.90. The molecule has 0 aliphatic heterocycles. The van der Waals surface area contributed by atoms with Gasteiger partial charge in [-0.3, -0.25) is 4.79 Å². The van der Waals surface area contributed by atoms with E-state index in [9.17, 15) is 4.79 Å². The van der Waals surface area contributed by atoms with Crippen molar-refractivity contribution in [1.29, 1.82) is 0 Å². The van der Waals surface area contributed by atoms with E-state index in [-0.39, 0.29) is 11.9 Å². The first kappa shape index (κ1) is 18.6. The van der Waals surface area contributed by atoms with Crippen LogP contribution in [0.1, 0.15) is 45.5 Å². The lowest BCUT2D eigenvalue weighted by molar-refractivity contribution is -0.131. The predicted molar refractivity (Wildman–Crippen MR) is 96.1 cm³/mol. The van der Waals surface area contributed by atoms with Gasteiger partial charge >= 0.3 is 0 Å². The van der Waals surface area contributed by atoms with E-state index in [0.29, 0.717) is 31.1 Å². The van der Waals surface area contributed by atoms with Crippen LogP contribution in [0, 0.1) is 5.41 Å². The number of rotatable bonds is 7. The van der Waals surface area contributed by atoms with Crippen LogP contribution in [0.4, 0.5) is 0 Å². The van der Waals surface area contributed by atoms with Crippen molar-refractivity contribution in [3.8, 4) is 11.4 Å². The summed E-state index contributed by atoms with van der Waals surface area (Å²) in [7, 11) is 0. The Morgan fingerprint density at radius 3 is 2.50 bits per heavy atom. The molecule has 2 rings (SSSR count). The molecule has 0 spiro atoms. The van der Waals surface area contributed by atoms with Crippen molar-refractivity contribution in [2.75, 3.05) is 6.54 Å². The number of nitrogens with zero attached hydrogens (tertiary/aromatic N) is 2. The Kier molecular flexibility index (Phi) is 6.12. The molecule has 0 aliphatic rings. The zero-order chi connectivity index (χ0) is 17.7. The number of halogens is 1. The predicted octanol–water partition coefficient (Wildman–Crippen LogP) is 3.44. The number of nitrogens with one attached hydrogen (secondary N) is 1. The van der Waals surface area contributed by atoms with Gasteiger partial charge in [0.2, 0.25) is 17.6 Å². The van der Waals surface area contributed by atoms with Gasteiger partial charge in [0.15, 0.2) is 0 Å². The molecule has 0 aliphatic carbocycles. The van der Waals surface area contributed by atoms with E-state index < -0.39 is 5.41 Å². The fourth-order valence-electron chi connectivity index (χ4n) is 2.49. The molecule has 0 bridgehead atoms. The first-order valence-electron chi connectivity index (χ1n) is 8.06. The fraction of sp³-hybridized carbons (Fsp3) is 0.471. The zero-order valence-electron chi connectivity index (χ0n) is 14.2. The van der Waals surface area contributed by atoms with Gasteiger partial charge in [-0.05, 0) is 44.0 Å². The van der Waals surface area contributed by atoms with Crippen molar-refractivity contribution in [2.45, 2.75) is 39.7 Å². The number of nitrogens with two attached hydrogens (primary N) is 1. The third kappa shape index (κ3) is 3.84. The van der Waals surface area contributed by atoms with Gasteiger partial charge in [0.25, 0.3) is 0 Å². The normalized spacial score (nSPS) is 12.9. The monoisotopic (exact) mass is 394 g/mol. The number of aromatic nitrogens is 2. The number of carbonyl (C=O) groups is 1. The smallest absolute Gasteiger partial charge is 0.249 e. The van der Waals surface area contributed by atoms with Crippen LogP contribution in [0.5, 0.6) is 0 Å². The summed E-state index contributed by atoms with van der Waals surface area (Å²) in [5, 5.41) is 6.93. The summed E-state index contributed by atoms with van der Waals surface area (Å²) in [5.74, 6) is 0.792. The van der Waals surface area contributed by atoms with Crippen molar-refractivity contribution in [3.05, 3.63) is 34.6 Å². The van der Waals surface area contributed by atoms with Crippen molar-refractivity contribution in [1.82, 2.24) is 15.5 Å². The second-order valence-electron chi connectivity index (χ2n) is 5.85. The average Bonchev–Trinajstić information content (AvgIpc) is 3.08. The van der Waals surface area contributed by atoms with Crippen LogP contribution in [0.15, 0.2) is 33.3 Å². The maximum absolute atomic E-state index is 12.6. The van der Waals surface area contributed by atoms with Crippen LogP contribution in [0.3, 0.4) is 0 Å². The van der Waals surface area contributed by atoms with Crippen LogP contribution in [-0.4, -0.2) is 22.6 Å². The molecule has 1 aromatic heterocycles. The van der Waals surface area contributed by atoms with Crippen LogP contribution in [0.25, 0.3) is 11.4 Å². The van der Waals surface area contributed by atoms with Crippen LogP contribution < -0.4 is 11.1 Å². The maximum Gasteiger partial charge on any atom is 0.249 e. The molecule has 1 unspecified atom stereocenters. The van der Waals surface area contributed by atoms with Crippen molar-refractivity contribution in [2.24, 2.45) is 11.1 Å². The number of hydrogen-bond donors (Lipinski definition) is 2. The average molecular weight is 395 g/mol. The van der Waals surface area contributed by atoms with E-state index in [1.807, 2.05) is 45.0 Å². The van der Waals surface area contributed by atoms with Gasteiger partial charge < -0.3 is 15.6 Å². The van der Waals surface area contributed by atoms with Gasteiger partial charge in [0.05, 0.1) is 5.41 Å². The lowest BCUT2D eigenvalue weighted by Crippen LogP contribution is -2.46. The highest BCUT2D eigenvalue weighted by atomic mass is 79.9. The Morgan fingerprint density at radius 2 is 1.96 bits per heavy atom. The summed E-state index contributed by atoms with van der Waals surface area (Å²) in [6.07, 6.45) is 1.37. The van der Waals surface area contributed by atoms with Crippen LogP contribution in [-0.2, 0) is 4.79 Å². The molecule has 1 aromatic carbocycles. The standard InChI is InChI=1S/C17H23BrN4O2/c1-4-17(5-2,10-19)16(23)20-11(3)15-21-14(22-24-15)12-6-8-13(18)9-7-12/h6-9,11H,4-5,10,19H2,1-3H3,(H,20,23). The quantitative estimate of drug-likeness (QED) is 0.749. The summed E-state index contributed by atoms with van der Waals surface area (Å²) in [6.45, 7) is 6.08. The van der Waals surface area contributed by atoms with E-state index in [0.717, 1.165) is 10.0 Å². The highest BCUT2D eigenvalue weighted by Crippen LogP contribution is 2.27. The molecule has 2 aromatic rings. The van der Waals surface area contributed by atoms with E-state index in [1.165, 1.54) is 0 Å². The first-order chi connectivity index (χ1) is 11.5. The van der Waals surface area contributed by atoms with Gasteiger partial charge in [0.1, 0.15) is 6.04 Å². The van der Waals surface area contributed by atoms with Gasteiger partial charge in [-0.2, -0.15) is 4.98 Å². The summed E-state index contributed by atoms with van der Waals surface area (Å²) in [4.78, 5) is 17.0. The summed E-state index contributed by atoms with van der Waals surface area (Å²) >= 11 is 3.39. The SMILES string of the molecule is CCC(CC)(CN)C(=O)NC(C)c1nc(-c2ccc(Br)cc2)no1. The van der Waals surface area contributed by atoms with Gasteiger partial charge in [0, 0.05) is 16.6 Å². The number of hydrogen-bond acceptors (Lipinski definition) is 5. The summed E-state index contributed by atoms with van der Waals surface area (Å²) in [5.41, 5.74) is 6.12. The van der Waals surface area contributed by atoms with E-state index >= 15 is 0 Å². The fourth-order valence-corrected chi connectivity index (χ4v) is 2.76. The topological polar surface area (TPSA) is 94.0 Å². The lowest BCUT2D eigenvalue weighted by Gasteiger charge is -2.29. The molecule has 6 nitrogen and oxygen atoms in total. The highest BCUT2D eigenvalue weighted by Gasteiger charge is 2.34. The molecule has 0 saturated carbocycles. The molecule has 24 heavy (non-hydrogen) atoms. The number of amides is 1. The lowest BCUT2D eigenvalue weighted by atomic mass is 9.81. The third-order valence-corrected chi connectivity index (χ3v) is 5.02. The zero-order valence-corrected chi connectivity index (χ0v) is 15.8. The van der Waals surface area contributed by atoms with E-state index in [4.69, 9.17) is 10.3 Å². The van der Waals surface area contributed by atoms with Gasteiger partial charge in [-0.1, -0.05) is 34.9 Å². The Balaban J connectivity index is 2.12. The highest BCUT2D eigenvalue weighted by molar-refractivity contribution is 9.10. The Hall–Kier alpha value is -1.73. The van der Waals surface area contributed by atoms with Crippen molar-refractivity contribution >= 4 is 21.8 Å². The maximum atomic E-state index is 12.6. The molecule has 1 amide bonds. The van der Waals surface area contributed by atoms with Crippen LogP contribution >= 0.6 is 15.9 Å². The Labute approximate surface area is 150 Å². The molecule has 1 heterocycles. The first-order valence-corrected chi connectivity index (χ1v) is 8.85. The molecule has 0 fully saturated rings. The van der Waals surface area contributed by atoms with Crippen LogP contribution in [0.2, 0.25) is 0 Å². The minimum absolute atomic E-state index is 0.0779. The Morgan fingerprint density at radius 1 is 1.33 bits per heavy atom. The molecule has 3 N–H and O–H groups in total.